The molecule has 166 valence electrons. The topological polar surface area (TPSA) is 94.8 Å². The van der Waals surface area contributed by atoms with Crippen LogP contribution in [0.2, 0.25) is 0 Å². The maximum absolute atomic E-state index is 5.47. The Bertz CT molecular complexity index is 842. The summed E-state index contributed by atoms with van der Waals surface area (Å²) in [5.41, 5.74) is 0.997. The molecule has 1 aromatic heterocycles. The van der Waals surface area contributed by atoms with Crippen molar-refractivity contribution >= 4 is 29.9 Å². The highest BCUT2D eigenvalue weighted by molar-refractivity contribution is 14.0. The van der Waals surface area contributed by atoms with Crippen molar-refractivity contribution in [3.05, 3.63) is 35.4 Å². The van der Waals surface area contributed by atoms with Crippen molar-refractivity contribution < 1.29 is 14.2 Å². The molecular weight excluding hydrogens is 499 g/mol. The van der Waals surface area contributed by atoms with Crippen LogP contribution in [0.3, 0.4) is 0 Å². The zero-order chi connectivity index (χ0) is 20.6. The van der Waals surface area contributed by atoms with Gasteiger partial charge in [-0.3, -0.25) is 0 Å². The maximum Gasteiger partial charge on any atom is 0.191 e. The summed E-state index contributed by atoms with van der Waals surface area (Å²) < 4.78 is 17.8. The van der Waals surface area contributed by atoms with Crippen molar-refractivity contribution in [2.24, 2.45) is 4.99 Å². The first kappa shape index (κ1) is 24.2. The minimum Gasteiger partial charge on any atom is -0.497 e. The molecule has 9 nitrogen and oxygen atoms in total. The van der Waals surface area contributed by atoms with E-state index in [1.807, 2.05) is 22.9 Å². The lowest BCUT2D eigenvalue weighted by Gasteiger charge is -2.25. The van der Waals surface area contributed by atoms with Crippen LogP contribution in [0.15, 0.2) is 23.2 Å². The Morgan fingerprint density at radius 2 is 2.10 bits per heavy atom. The highest BCUT2D eigenvalue weighted by Gasteiger charge is 2.22. The van der Waals surface area contributed by atoms with E-state index in [2.05, 4.69) is 27.6 Å². The largest absolute Gasteiger partial charge is 0.497 e. The van der Waals surface area contributed by atoms with Crippen LogP contribution in [0.1, 0.15) is 30.6 Å². The molecule has 1 aromatic carbocycles. The van der Waals surface area contributed by atoms with E-state index in [0.29, 0.717) is 13.2 Å². The molecule has 0 amide bonds. The molecule has 1 aliphatic heterocycles. The number of guanidine groups is 1. The van der Waals surface area contributed by atoms with Gasteiger partial charge < -0.3 is 24.8 Å². The molecule has 0 radical (unpaired) electrons. The van der Waals surface area contributed by atoms with Crippen LogP contribution in [0.4, 0.5) is 0 Å². The fourth-order valence-electron chi connectivity index (χ4n) is 3.33. The lowest BCUT2D eigenvalue weighted by molar-refractivity contribution is 0.177. The van der Waals surface area contributed by atoms with Gasteiger partial charge in [0.2, 0.25) is 0 Å². The van der Waals surface area contributed by atoms with Crippen LogP contribution in [-0.4, -0.2) is 54.6 Å². The molecule has 1 atom stereocenters. The number of aryl methyl sites for hydroxylation is 1. The number of aliphatic imine (C=N–C) groups is 1. The number of halogens is 1. The second kappa shape index (κ2) is 11.9. The van der Waals surface area contributed by atoms with Gasteiger partial charge in [0.1, 0.15) is 23.9 Å². The number of ether oxygens (including phenoxy) is 3. The van der Waals surface area contributed by atoms with E-state index in [4.69, 9.17) is 19.2 Å². The predicted octanol–water partition coefficient (Wildman–Crippen LogP) is 2.13. The smallest absolute Gasteiger partial charge is 0.191 e. The van der Waals surface area contributed by atoms with E-state index < -0.39 is 0 Å². The van der Waals surface area contributed by atoms with Gasteiger partial charge in [0.05, 0.1) is 27.3 Å². The number of aromatic nitrogens is 3. The van der Waals surface area contributed by atoms with Crippen LogP contribution in [0, 0.1) is 0 Å². The molecule has 30 heavy (non-hydrogen) atoms. The van der Waals surface area contributed by atoms with Crippen molar-refractivity contribution in [3.8, 4) is 11.5 Å². The molecule has 0 aliphatic carbocycles. The third-order valence-electron chi connectivity index (χ3n) is 4.76. The number of nitrogens with zero attached hydrogens (tertiary/aromatic N) is 4. The average molecular weight is 530 g/mol. The number of methoxy groups -OCH3 is 3. The molecule has 2 N–H and O–H groups in total. The zero-order valence-corrected chi connectivity index (χ0v) is 20.3. The molecule has 0 saturated heterocycles. The Balaban J connectivity index is 0.00000320. The summed E-state index contributed by atoms with van der Waals surface area (Å²) in [6.07, 6.45) is 1.85. The van der Waals surface area contributed by atoms with Gasteiger partial charge in [0, 0.05) is 37.7 Å². The van der Waals surface area contributed by atoms with Gasteiger partial charge in [-0.15, -0.1) is 24.0 Å². The minimum absolute atomic E-state index is 0. The Morgan fingerprint density at radius 3 is 2.80 bits per heavy atom. The molecule has 0 saturated carbocycles. The number of hydrogen-bond donors (Lipinski definition) is 2. The van der Waals surface area contributed by atoms with Crippen LogP contribution in [-0.2, 0) is 30.9 Å². The molecule has 0 bridgehead atoms. The highest BCUT2D eigenvalue weighted by atomic mass is 127. The van der Waals surface area contributed by atoms with Crippen molar-refractivity contribution in [2.45, 2.75) is 45.5 Å². The molecule has 3 rings (SSSR count). The number of nitrogens with one attached hydrogen (secondary N) is 2. The van der Waals surface area contributed by atoms with Gasteiger partial charge in [0.15, 0.2) is 11.8 Å². The van der Waals surface area contributed by atoms with E-state index in [0.717, 1.165) is 60.6 Å². The van der Waals surface area contributed by atoms with Gasteiger partial charge in [-0.25, -0.2) is 14.7 Å². The third kappa shape index (κ3) is 6.21. The fraction of sp³-hybridized carbons (Fsp3) is 0.550. The van der Waals surface area contributed by atoms with Gasteiger partial charge in [-0.2, -0.15) is 5.10 Å². The van der Waals surface area contributed by atoms with Crippen molar-refractivity contribution in [1.82, 2.24) is 25.4 Å². The summed E-state index contributed by atoms with van der Waals surface area (Å²) in [6.45, 7) is 4.53. The fourth-order valence-corrected chi connectivity index (χ4v) is 3.33. The number of fused-ring (bicyclic) bond motifs is 1. The molecule has 0 fully saturated rings. The van der Waals surface area contributed by atoms with E-state index in [9.17, 15) is 0 Å². The quantitative estimate of drug-likeness (QED) is 0.307. The lowest BCUT2D eigenvalue weighted by atomic mass is 10.1. The van der Waals surface area contributed by atoms with Crippen molar-refractivity contribution in [3.63, 3.8) is 0 Å². The molecular formula is C20H31IN6O3. The van der Waals surface area contributed by atoms with Gasteiger partial charge in [-0.05, 0) is 25.5 Å². The molecule has 2 aromatic rings. The SMILES string of the molecule is CCNC(=NCc1ccc(OC)cc1OC)NC1CCc2nc(COC)nn2C1.I. The summed E-state index contributed by atoms with van der Waals surface area (Å²) in [5.74, 6) is 4.05. The van der Waals surface area contributed by atoms with Crippen LogP contribution >= 0.6 is 24.0 Å². The monoisotopic (exact) mass is 530 g/mol. The lowest BCUT2D eigenvalue weighted by Crippen LogP contribution is -2.47. The first-order valence-electron chi connectivity index (χ1n) is 9.84. The predicted molar refractivity (Wildman–Crippen MR) is 126 cm³/mol. The Morgan fingerprint density at radius 1 is 1.27 bits per heavy atom. The van der Waals surface area contributed by atoms with Gasteiger partial charge in [0.25, 0.3) is 0 Å². The van der Waals surface area contributed by atoms with Crippen molar-refractivity contribution in [2.75, 3.05) is 27.9 Å². The summed E-state index contributed by atoms with van der Waals surface area (Å²) in [5, 5.41) is 11.4. The van der Waals surface area contributed by atoms with Gasteiger partial charge in [-0.1, -0.05) is 0 Å². The zero-order valence-electron chi connectivity index (χ0n) is 18.0. The van der Waals surface area contributed by atoms with Gasteiger partial charge >= 0.3 is 0 Å². The number of hydrogen-bond acceptors (Lipinski definition) is 6. The summed E-state index contributed by atoms with van der Waals surface area (Å²) in [4.78, 5) is 9.27. The normalized spacial score (nSPS) is 15.7. The number of benzene rings is 1. The third-order valence-corrected chi connectivity index (χ3v) is 4.76. The Labute approximate surface area is 194 Å². The second-order valence-electron chi connectivity index (χ2n) is 6.81. The van der Waals surface area contributed by atoms with E-state index in [1.165, 1.54) is 0 Å². The summed E-state index contributed by atoms with van der Waals surface area (Å²) in [6, 6.07) is 5.99. The summed E-state index contributed by atoms with van der Waals surface area (Å²) in [7, 11) is 4.95. The van der Waals surface area contributed by atoms with Crippen molar-refractivity contribution in [1.29, 1.82) is 0 Å². The standard InChI is InChI=1S/C20H30N6O3.HI/c1-5-21-20(22-11-14-6-8-16(28-3)10-17(14)29-4)23-15-7-9-19-24-18(13-27-2)25-26(19)12-15;/h6,8,10,15H,5,7,9,11-13H2,1-4H3,(H2,21,22,23);1H. The second-order valence-corrected chi connectivity index (χ2v) is 6.81. The molecule has 2 heterocycles. The van der Waals surface area contributed by atoms with E-state index >= 15 is 0 Å². The van der Waals surface area contributed by atoms with Crippen LogP contribution < -0.4 is 20.1 Å². The molecule has 0 spiro atoms. The maximum atomic E-state index is 5.47. The Kier molecular flexibility index (Phi) is 9.63. The number of rotatable bonds is 8. The summed E-state index contributed by atoms with van der Waals surface area (Å²) >= 11 is 0. The van der Waals surface area contributed by atoms with E-state index in [-0.39, 0.29) is 30.0 Å². The first-order valence-corrected chi connectivity index (χ1v) is 9.84. The molecule has 1 unspecified atom stereocenters. The van der Waals surface area contributed by atoms with E-state index in [1.54, 1.807) is 21.3 Å². The Hall–Kier alpha value is -2.08. The molecule has 1 aliphatic rings. The van der Waals surface area contributed by atoms with Crippen LogP contribution in [0.25, 0.3) is 0 Å². The molecule has 10 heteroatoms. The highest BCUT2D eigenvalue weighted by Crippen LogP contribution is 2.25. The minimum atomic E-state index is 0. The average Bonchev–Trinajstić information content (AvgIpc) is 3.14. The van der Waals surface area contributed by atoms with Crippen LogP contribution in [0.5, 0.6) is 11.5 Å². The first-order chi connectivity index (χ1) is 14.2.